The molecule has 8 aliphatic carbocycles. The fourth-order valence-electron chi connectivity index (χ4n) is 18.4. The van der Waals surface area contributed by atoms with Crippen molar-refractivity contribution in [3.8, 4) is 0 Å². The van der Waals surface area contributed by atoms with Crippen LogP contribution >= 0.6 is 0 Å². The van der Waals surface area contributed by atoms with Crippen LogP contribution in [0.1, 0.15) is 595 Å². The van der Waals surface area contributed by atoms with Crippen LogP contribution in [0.2, 0.25) is 0 Å². The molecule has 148 heavy (non-hydrogen) atoms. The topological polar surface area (TPSA) is 372 Å². The number of esters is 8. The molecule has 24 nitrogen and oxygen atoms in total. The summed E-state index contributed by atoms with van der Waals surface area (Å²) in [6.45, 7) is 66.6. The van der Waals surface area contributed by atoms with E-state index in [2.05, 4.69) is 6.92 Å². The van der Waals surface area contributed by atoms with Crippen molar-refractivity contribution in [1.82, 2.24) is 0 Å². The van der Waals surface area contributed by atoms with E-state index in [1.807, 2.05) is 228 Å². The molecule has 0 aliphatic heterocycles. The van der Waals surface area contributed by atoms with Gasteiger partial charge in [0.05, 0.1) is 82.5 Å². The maximum atomic E-state index is 12.2. The molecule has 10 unspecified atom stereocenters. The summed E-state index contributed by atoms with van der Waals surface area (Å²) in [6.07, 6.45) is 49.4. The molecule has 0 radical (unpaired) electrons. The van der Waals surface area contributed by atoms with Gasteiger partial charge in [0.15, 0.2) is 0 Å². The Kier molecular flexibility index (Phi) is 62.1. The van der Waals surface area contributed by atoms with E-state index >= 15 is 0 Å². The van der Waals surface area contributed by atoms with E-state index in [-0.39, 0.29) is 130 Å². The van der Waals surface area contributed by atoms with Crippen LogP contribution in [0, 0.1) is 55.2 Å². The zero-order valence-electron chi connectivity index (χ0n) is 101. The van der Waals surface area contributed by atoms with Crippen molar-refractivity contribution in [2.24, 2.45) is 55.2 Å². The van der Waals surface area contributed by atoms with Gasteiger partial charge < -0.3 is 78.7 Å². The van der Waals surface area contributed by atoms with Crippen molar-refractivity contribution in [3.63, 3.8) is 0 Å². The van der Waals surface area contributed by atoms with E-state index in [4.69, 9.17) is 37.9 Å². The van der Waals surface area contributed by atoms with Crippen molar-refractivity contribution in [3.05, 3.63) is 0 Å². The molecule has 0 spiro atoms. The van der Waals surface area contributed by atoms with Crippen molar-refractivity contribution in [1.29, 1.82) is 0 Å². The summed E-state index contributed by atoms with van der Waals surface area (Å²) in [5.74, 6) is -0.484. The van der Waals surface area contributed by atoms with Crippen molar-refractivity contribution in [2.45, 2.75) is 689 Å². The second-order valence-electron chi connectivity index (χ2n) is 53.1. The van der Waals surface area contributed by atoms with Crippen LogP contribution in [0.5, 0.6) is 0 Å². The highest BCUT2D eigenvalue weighted by Gasteiger charge is 2.59. The Balaban J connectivity index is 0.000000847. The molecule has 10 atom stereocenters. The molecule has 8 rings (SSSR count). The van der Waals surface area contributed by atoms with Crippen LogP contribution in [0.15, 0.2) is 0 Å². The molecule has 24 heteroatoms. The monoisotopic (exact) mass is 2110 g/mol. The summed E-state index contributed by atoms with van der Waals surface area (Å²) in [5.41, 5.74) is -7.84. The maximum absolute atomic E-state index is 12.2. The largest absolute Gasteiger partial charge is 0.462 e. The van der Waals surface area contributed by atoms with Gasteiger partial charge in [-0.2, -0.15) is 0 Å². The third-order valence-electron chi connectivity index (χ3n) is 35.8. The first-order valence-corrected chi connectivity index (χ1v) is 59.7. The minimum Gasteiger partial charge on any atom is -0.462 e. The number of carbonyl (C=O) groups is 8. The standard InChI is InChI=1S/C18H34O3.2C17H32O3.2C16H30O3.C15H28O3.C13H24O3.C12H22O3/c1-5-17(3,4)16(19)21-15-11-8-7-9-13-18(20,6-2)14-10-12-15;1-5-16(2,3)15(18)20-14-10-7-6-8-12-17(4,19)13-9-11-14;1-5-16(3,4)15(18)20-14-10-8-7-9-12-17(19,6-2)13-11-14;1-5-15(2,3)14(17)19-13-9-7-6-8-11-16(4,18)12-10-13;1-5-15(3,4)14(17)19-13-9-7-11-16(18,6-2)12-8-10-13;1-5-14(2,3)13(16)18-12-8-6-10-15(4,17)11-7-9-12;1-6-12(4,5)11(14)16-10-7-13(15,8-10)9(2)3;1-6-11(4,5)10(13)15-9-7-12(9,14)8(2)3/h15,20H,5-14H2,1-4H3;2*14,19H,5-13H2,1-4H3;2*13,18H,5-12H2,1-4H3;12,17H,5-11H2,1-4H3;9-10,15H,6-8H2,1-5H3;8-9,14H,6-7H2,1-5H3. The van der Waals surface area contributed by atoms with Gasteiger partial charge in [-0.05, 0) is 432 Å². The zero-order valence-corrected chi connectivity index (χ0v) is 101. The van der Waals surface area contributed by atoms with Crippen LogP contribution in [-0.2, 0) is 76.3 Å². The Morgan fingerprint density at radius 2 is 0.405 bits per heavy atom. The van der Waals surface area contributed by atoms with E-state index in [0.29, 0.717) is 19.3 Å². The first-order chi connectivity index (χ1) is 68.2. The van der Waals surface area contributed by atoms with Crippen LogP contribution in [0.4, 0.5) is 0 Å². The Bertz CT molecular complexity index is 3740. The molecule has 0 amide bonds. The predicted octanol–water partition coefficient (Wildman–Crippen LogP) is 28.8. The third kappa shape index (κ3) is 53.0. The number of hydrogen-bond donors (Lipinski definition) is 8. The van der Waals surface area contributed by atoms with Gasteiger partial charge in [-0.15, -0.1) is 0 Å². The summed E-state index contributed by atoms with van der Waals surface area (Å²) >= 11 is 0. The van der Waals surface area contributed by atoms with E-state index in [1.165, 1.54) is 0 Å². The van der Waals surface area contributed by atoms with Gasteiger partial charge in [-0.3, -0.25) is 38.4 Å². The number of carbonyl (C=O) groups excluding carboxylic acids is 8. The van der Waals surface area contributed by atoms with Crippen molar-refractivity contribution >= 4 is 47.8 Å². The highest BCUT2D eigenvalue weighted by molar-refractivity contribution is 5.79. The van der Waals surface area contributed by atoms with E-state index in [9.17, 15) is 79.2 Å². The van der Waals surface area contributed by atoms with Gasteiger partial charge in [0.2, 0.25) is 0 Å². The Labute approximate surface area is 903 Å². The summed E-state index contributed by atoms with van der Waals surface area (Å²) in [7, 11) is 0. The van der Waals surface area contributed by atoms with Crippen molar-refractivity contribution < 1.29 is 117 Å². The average Bonchev–Trinajstić information content (AvgIpc) is 1.58. The highest BCUT2D eigenvalue weighted by Crippen LogP contribution is 2.47. The molecule has 8 N–H and O–H groups in total. The summed E-state index contributed by atoms with van der Waals surface area (Å²) in [6, 6.07) is 0. The number of aliphatic hydroxyl groups is 8. The fraction of sp³-hybridized carbons (Fsp3) is 0.935. The first-order valence-electron chi connectivity index (χ1n) is 59.7. The maximum Gasteiger partial charge on any atom is 0.311 e. The van der Waals surface area contributed by atoms with Crippen LogP contribution in [-0.4, -0.2) is 182 Å². The quantitative estimate of drug-likeness (QED) is 0.0255. The summed E-state index contributed by atoms with van der Waals surface area (Å²) in [5, 5.41) is 81.8. The average molecular weight is 2110 g/mol. The Morgan fingerprint density at radius 1 is 0.223 bits per heavy atom. The molecular weight excluding hydrogens is 1870 g/mol. The molecule has 0 aromatic rings. The fourth-order valence-corrected chi connectivity index (χ4v) is 18.4. The minimum atomic E-state index is -0.778. The molecule has 872 valence electrons. The number of rotatable bonds is 29. The molecule has 0 aromatic heterocycles. The lowest BCUT2D eigenvalue weighted by Crippen LogP contribution is -2.53. The SMILES string of the molecule is CCC(C)(C)C(=O)OC1CC(O)(C(C)C)C1.CCC(C)(C)C(=O)OC1CC1(O)C(C)C.CCC(C)(C)C(=O)OC1CCCC(C)(O)CCC1.CCC(C)(C)C(=O)OC1CCCCCC(C)(O)CC1.CCC(C)(C)C(=O)OC1CCCCCC(C)(O)CCC1.CCC1(O)CCCC(OC(=O)C(C)(C)CC)CCC1.CCC1(O)CCCCCC(OC(=O)C(C)(C)CC)CC1.CCC1(O)CCCCCC(OC(=O)C(C)(C)CC)CCC1. The molecule has 8 fully saturated rings. The van der Waals surface area contributed by atoms with Crippen LogP contribution < -0.4 is 0 Å². The second-order valence-corrected chi connectivity index (χ2v) is 53.1. The Hall–Kier alpha value is -4.56. The lowest BCUT2D eigenvalue weighted by Gasteiger charge is -2.46. The normalized spacial score (nSPS) is 29.7. The van der Waals surface area contributed by atoms with Gasteiger partial charge in [-0.1, -0.05) is 155 Å². The van der Waals surface area contributed by atoms with Crippen LogP contribution in [0.3, 0.4) is 0 Å². The Morgan fingerprint density at radius 3 is 0.628 bits per heavy atom. The smallest absolute Gasteiger partial charge is 0.311 e. The number of hydrogen-bond acceptors (Lipinski definition) is 24. The molecular formula is C124H232O24. The van der Waals surface area contributed by atoms with Crippen LogP contribution in [0.25, 0.3) is 0 Å². The second kappa shape index (κ2) is 65.0. The highest BCUT2D eigenvalue weighted by atomic mass is 16.6. The molecule has 8 saturated carbocycles. The molecule has 0 aromatic carbocycles. The first kappa shape index (κ1) is 141. The molecule has 0 saturated heterocycles. The number of ether oxygens (including phenoxy) is 8. The van der Waals surface area contributed by atoms with Gasteiger partial charge in [0, 0.05) is 19.3 Å². The third-order valence-corrected chi connectivity index (χ3v) is 35.8. The molecule has 8 aliphatic rings. The summed E-state index contributed by atoms with van der Waals surface area (Å²) < 4.78 is 44.9. The van der Waals surface area contributed by atoms with Crippen molar-refractivity contribution in [2.75, 3.05) is 0 Å². The molecule has 0 heterocycles. The lowest BCUT2D eigenvalue weighted by molar-refractivity contribution is -0.189. The molecule has 0 bridgehead atoms. The lowest BCUT2D eigenvalue weighted by atomic mass is 9.70. The van der Waals surface area contributed by atoms with Gasteiger partial charge >= 0.3 is 47.8 Å². The zero-order chi connectivity index (χ0) is 114. The van der Waals surface area contributed by atoms with Gasteiger partial charge in [0.1, 0.15) is 54.4 Å². The van der Waals surface area contributed by atoms with Gasteiger partial charge in [-0.25, -0.2) is 0 Å². The summed E-state index contributed by atoms with van der Waals surface area (Å²) in [4.78, 5) is 96.3. The van der Waals surface area contributed by atoms with Gasteiger partial charge in [0.25, 0.3) is 0 Å². The van der Waals surface area contributed by atoms with E-state index in [1.54, 1.807) is 0 Å². The van der Waals surface area contributed by atoms with E-state index in [0.717, 1.165) is 340 Å². The minimum absolute atomic E-state index is 0.0236. The van der Waals surface area contributed by atoms with E-state index < -0.39 is 66.5 Å². The predicted molar refractivity (Wildman–Crippen MR) is 597 cm³/mol.